The lowest BCUT2D eigenvalue weighted by Crippen LogP contribution is -2.58. The van der Waals surface area contributed by atoms with Gasteiger partial charge in [0.2, 0.25) is 5.43 Å². The van der Waals surface area contributed by atoms with Crippen molar-refractivity contribution < 1.29 is 24.1 Å². The highest BCUT2D eigenvalue weighted by Gasteiger charge is 2.52. The van der Waals surface area contributed by atoms with Crippen molar-refractivity contribution in [2.75, 3.05) is 35.0 Å². The van der Waals surface area contributed by atoms with Crippen LogP contribution in [0.3, 0.4) is 0 Å². The molecule has 22 heavy (non-hydrogen) atoms. The van der Waals surface area contributed by atoms with Crippen molar-refractivity contribution in [3.8, 4) is 5.75 Å². The van der Waals surface area contributed by atoms with Crippen LogP contribution >= 0.6 is 15.9 Å². The molecule has 2 rings (SSSR count). The summed E-state index contributed by atoms with van der Waals surface area (Å²) < 4.78 is 23.7. The smallest absolute Gasteiger partial charge is 0.237 e. The molecule has 3 atom stereocenters. The van der Waals surface area contributed by atoms with Crippen molar-refractivity contribution in [3.63, 3.8) is 0 Å². The number of aliphatic hydroxyl groups is 1. The molecule has 7 nitrogen and oxygen atoms in total. The minimum Gasteiger partial charge on any atom is -0.491 e. The number of nitrogens with zero attached hydrogens (tertiary/aromatic N) is 1. The maximum absolute atomic E-state index is 12.3. The van der Waals surface area contributed by atoms with E-state index in [9.17, 15) is 9.90 Å². The van der Waals surface area contributed by atoms with Gasteiger partial charge in [0, 0.05) is 27.5 Å². The number of hydrogen-bond donors (Lipinski definition) is 1. The Kier molecular flexibility index (Phi) is 5.29. The molecule has 0 aromatic carbocycles. The van der Waals surface area contributed by atoms with Crippen LogP contribution in [0.2, 0.25) is 0 Å². The average Bonchev–Trinajstić information content (AvgIpc) is 2.50. The van der Waals surface area contributed by atoms with Crippen molar-refractivity contribution in [1.82, 2.24) is 4.57 Å². The predicted octanol–water partition coefficient (Wildman–Crippen LogP) is 0.713. The van der Waals surface area contributed by atoms with Gasteiger partial charge in [0.1, 0.15) is 12.2 Å². The largest absolute Gasteiger partial charge is 0.491 e. The topological polar surface area (TPSA) is 79.2 Å². The molecule has 0 saturated heterocycles. The first kappa shape index (κ1) is 17.4. The van der Waals surface area contributed by atoms with Crippen LogP contribution in [-0.4, -0.2) is 56.4 Å². The van der Waals surface area contributed by atoms with E-state index in [1.54, 1.807) is 10.8 Å². The number of methoxy groups -OCH3 is 4. The molecule has 0 bridgehead atoms. The lowest BCUT2D eigenvalue weighted by molar-refractivity contribution is -0.215. The van der Waals surface area contributed by atoms with Crippen LogP contribution in [0, 0.1) is 0 Å². The lowest BCUT2D eigenvalue weighted by Gasteiger charge is -2.46. The maximum Gasteiger partial charge on any atom is 0.237 e. The fourth-order valence-electron chi connectivity index (χ4n) is 3.00. The molecule has 0 spiro atoms. The summed E-state index contributed by atoms with van der Waals surface area (Å²) >= 11 is 3.21. The second-order valence-corrected chi connectivity index (χ2v) is 5.95. The van der Waals surface area contributed by atoms with Crippen LogP contribution in [0.1, 0.15) is 11.8 Å². The molecule has 1 aromatic rings. The number of halogens is 1. The van der Waals surface area contributed by atoms with Gasteiger partial charge in [0.25, 0.3) is 0 Å². The molecule has 0 radical (unpaired) electrons. The second-order valence-electron chi connectivity index (χ2n) is 5.10. The van der Waals surface area contributed by atoms with Crippen LogP contribution in [0.4, 0.5) is 0 Å². The molecular weight excluding hydrogens is 358 g/mol. The Balaban J connectivity index is 2.73. The molecule has 0 fully saturated rings. The Bertz CT molecular complexity index is 604. The quantitative estimate of drug-likeness (QED) is 0.813. The molecule has 1 aliphatic heterocycles. The molecule has 0 saturated carbocycles. The van der Waals surface area contributed by atoms with Gasteiger partial charge in [-0.1, -0.05) is 0 Å². The monoisotopic (exact) mass is 377 g/mol. The molecule has 1 N–H and O–H groups in total. The summed E-state index contributed by atoms with van der Waals surface area (Å²) in [6, 6.07) is 0. The highest BCUT2D eigenvalue weighted by atomic mass is 79.9. The fraction of sp³-hybridized carbons (Fsp3) is 0.643. The Morgan fingerprint density at radius 1 is 1.41 bits per heavy atom. The fourth-order valence-corrected chi connectivity index (χ4v) is 3.42. The van der Waals surface area contributed by atoms with E-state index in [1.807, 2.05) is 0 Å². The number of pyridine rings is 1. The van der Waals surface area contributed by atoms with Crippen molar-refractivity contribution in [2.45, 2.75) is 24.4 Å². The van der Waals surface area contributed by atoms with Gasteiger partial charge in [0.05, 0.1) is 30.4 Å². The Morgan fingerprint density at radius 3 is 2.59 bits per heavy atom. The van der Waals surface area contributed by atoms with Gasteiger partial charge in [-0.15, -0.1) is 0 Å². The molecule has 0 amide bonds. The molecule has 1 aromatic heterocycles. The molecular formula is C14H20BrNO6. The highest BCUT2D eigenvalue weighted by molar-refractivity contribution is 9.10. The normalized spacial score (nSPS) is 27.5. The molecule has 0 aliphatic carbocycles. The molecule has 8 heteroatoms. The molecule has 1 aliphatic rings. The minimum absolute atomic E-state index is 0.108. The third-order valence-electron chi connectivity index (χ3n) is 4.05. The van der Waals surface area contributed by atoms with Gasteiger partial charge in [-0.25, -0.2) is 0 Å². The number of rotatable bonds is 5. The number of aromatic nitrogens is 1. The van der Waals surface area contributed by atoms with Crippen LogP contribution in [0.15, 0.2) is 15.5 Å². The van der Waals surface area contributed by atoms with Crippen molar-refractivity contribution in [2.24, 2.45) is 0 Å². The van der Waals surface area contributed by atoms with E-state index in [0.29, 0.717) is 10.2 Å². The van der Waals surface area contributed by atoms with Crippen molar-refractivity contribution in [3.05, 3.63) is 26.6 Å². The third-order valence-corrected chi connectivity index (χ3v) is 4.61. The van der Waals surface area contributed by atoms with Crippen molar-refractivity contribution in [1.29, 1.82) is 0 Å². The third kappa shape index (κ3) is 2.48. The van der Waals surface area contributed by atoms with Crippen LogP contribution in [-0.2, 0) is 20.8 Å². The summed E-state index contributed by atoms with van der Waals surface area (Å²) in [5.74, 6) is 0.158. The van der Waals surface area contributed by atoms with E-state index in [1.165, 1.54) is 28.4 Å². The van der Waals surface area contributed by atoms with Crippen LogP contribution in [0.5, 0.6) is 5.75 Å². The van der Waals surface area contributed by atoms with Gasteiger partial charge < -0.3 is 28.6 Å². The first-order valence-corrected chi connectivity index (χ1v) is 7.47. The summed E-state index contributed by atoms with van der Waals surface area (Å²) in [4.78, 5) is 12.3. The first-order chi connectivity index (χ1) is 10.5. The van der Waals surface area contributed by atoms with E-state index in [0.717, 1.165) is 0 Å². The van der Waals surface area contributed by atoms with E-state index < -0.39 is 17.8 Å². The van der Waals surface area contributed by atoms with Crippen LogP contribution < -0.4 is 10.2 Å². The van der Waals surface area contributed by atoms with Gasteiger partial charge >= 0.3 is 0 Å². The Morgan fingerprint density at radius 2 is 2.09 bits per heavy atom. The van der Waals surface area contributed by atoms with Gasteiger partial charge in [-0.2, -0.15) is 0 Å². The first-order valence-electron chi connectivity index (χ1n) is 6.68. The molecule has 3 unspecified atom stereocenters. The standard InChI is InChI=1S/C14H20BrNO6/c1-19-7-14(22-4)9(17)6-16-5-8(15)11(18)12(20-2)10(16)13(14)21-3/h5,9,13,17H,6-7H2,1-4H3. The number of hydrogen-bond acceptors (Lipinski definition) is 6. The zero-order valence-corrected chi connectivity index (χ0v) is 14.5. The summed E-state index contributed by atoms with van der Waals surface area (Å²) in [5.41, 5.74) is -0.895. The van der Waals surface area contributed by atoms with E-state index in [4.69, 9.17) is 18.9 Å². The maximum atomic E-state index is 12.3. The van der Waals surface area contributed by atoms with Crippen LogP contribution in [0.25, 0.3) is 0 Å². The minimum atomic E-state index is -1.13. The summed E-state index contributed by atoms with van der Waals surface area (Å²) in [5, 5.41) is 10.6. The van der Waals surface area contributed by atoms with Crippen molar-refractivity contribution >= 4 is 15.9 Å². The summed E-state index contributed by atoms with van der Waals surface area (Å²) in [6.07, 6.45) is 0.00731. The zero-order valence-electron chi connectivity index (χ0n) is 13.0. The Labute approximate surface area is 136 Å². The molecule has 2 heterocycles. The lowest BCUT2D eigenvalue weighted by atomic mass is 9.84. The summed E-state index contributed by atoms with van der Waals surface area (Å²) in [7, 11) is 5.91. The van der Waals surface area contributed by atoms with Gasteiger partial charge in [-0.05, 0) is 15.9 Å². The highest BCUT2D eigenvalue weighted by Crippen LogP contribution is 2.42. The van der Waals surface area contributed by atoms with E-state index >= 15 is 0 Å². The number of ether oxygens (including phenoxy) is 4. The average molecular weight is 378 g/mol. The Hall–Kier alpha value is -0.930. The SMILES string of the molecule is COCC1(OC)C(O)Cn2cc(Br)c(=O)c(OC)c2C1OC. The molecule has 124 valence electrons. The van der Waals surface area contributed by atoms with E-state index in [-0.39, 0.29) is 24.3 Å². The predicted molar refractivity (Wildman–Crippen MR) is 82.3 cm³/mol. The zero-order chi connectivity index (χ0) is 16.5. The van der Waals surface area contributed by atoms with E-state index in [2.05, 4.69) is 15.9 Å². The number of aliphatic hydroxyl groups excluding tert-OH is 1. The number of fused-ring (bicyclic) bond motifs is 1. The van der Waals surface area contributed by atoms with Gasteiger partial charge in [0.15, 0.2) is 11.4 Å². The second kappa shape index (κ2) is 6.67. The summed E-state index contributed by atoms with van der Waals surface area (Å²) in [6.45, 7) is 0.332. The van der Waals surface area contributed by atoms with Gasteiger partial charge in [-0.3, -0.25) is 4.79 Å².